The molecule has 1 aliphatic heterocycles. The highest BCUT2D eigenvalue weighted by atomic mass is 32.1. The highest BCUT2D eigenvalue weighted by molar-refractivity contribution is 7.21. The number of piperazine rings is 1. The fourth-order valence-electron chi connectivity index (χ4n) is 4.18. The zero-order chi connectivity index (χ0) is 21.5. The van der Waals surface area contributed by atoms with Crippen LogP contribution in [-0.2, 0) is 13.0 Å². The van der Waals surface area contributed by atoms with Gasteiger partial charge in [0.2, 0.25) is 5.43 Å². The van der Waals surface area contributed by atoms with Gasteiger partial charge < -0.3 is 14.4 Å². The van der Waals surface area contributed by atoms with Crippen LogP contribution >= 0.6 is 11.3 Å². The van der Waals surface area contributed by atoms with Gasteiger partial charge in [0.15, 0.2) is 0 Å². The predicted octanol–water partition coefficient (Wildman–Crippen LogP) is 4.09. The zero-order valence-corrected chi connectivity index (χ0v) is 18.5. The van der Waals surface area contributed by atoms with E-state index < -0.39 is 0 Å². The molecule has 0 spiro atoms. The van der Waals surface area contributed by atoms with Crippen LogP contribution in [0.1, 0.15) is 18.2 Å². The molecule has 5 rings (SSSR count). The number of hydrogen-bond donors (Lipinski definition) is 1. The predicted molar refractivity (Wildman–Crippen MR) is 125 cm³/mol. The van der Waals surface area contributed by atoms with E-state index >= 15 is 0 Å². The Morgan fingerprint density at radius 1 is 1.13 bits per heavy atom. The van der Waals surface area contributed by atoms with Gasteiger partial charge >= 0.3 is 0 Å². The summed E-state index contributed by atoms with van der Waals surface area (Å²) in [7, 11) is 2.11. The standard InChI is InChI=1S/C24H25N3O3S/c1-3-19-21(24-25-17-6-4-5-7-20(17)31-24)22(29)15-8-9-18(28)16(23(15)30-19)14-27-12-10-26(2)11-13-27/h4-9,28H,3,10-14H2,1-2H3. The largest absolute Gasteiger partial charge is 0.507 e. The van der Waals surface area contributed by atoms with Gasteiger partial charge in [-0.05, 0) is 31.3 Å². The van der Waals surface area contributed by atoms with Crippen molar-refractivity contribution >= 4 is 32.5 Å². The third-order valence-electron chi connectivity index (χ3n) is 6.02. The number of hydrogen-bond acceptors (Lipinski definition) is 7. The Balaban J connectivity index is 1.65. The van der Waals surface area contributed by atoms with E-state index in [1.807, 2.05) is 31.2 Å². The molecule has 0 aliphatic carbocycles. The summed E-state index contributed by atoms with van der Waals surface area (Å²) in [5, 5.41) is 11.8. The van der Waals surface area contributed by atoms with E-state index in [0.29, 0.717) is 45.8 Å². The molecule has 2 aromatic carbocycles. The van der Waals surface area contributed by atoms with E-state index in [0.717, 1.165) is 36.4 Å². The molecule has 0 saturated carbocycles. The number of aryl methyl sites for hydroxylation is 1. The van der Waals surface area contributed by atoms with Crippen molar-refractivity contribution in [1.82, 2.24) is 14.8 Å². The first-order chi connectivity index (χ1) is 15.0. The molecule has 6 nitrogen and oxygen atoms in total. The molecule has 0 radical (unpaired) electrons. The van der Waals surface area contributed by atoms with Crippen molar-refractivity contribution in [1.29, 1.82) is 0 Å². The van der Waals surface area contributed by atoms with Crippen LogP contribution in [0, 0.1) is 0 Å². The van der Waals surface area contributed by atoms with Crippen molar-refractivity contribution in [2.24, 2.45) is 0 Å². The quantitative estimate of drug-likeness (QED) is 0.521. The van der Waals surface area contributed by atoms with Crippen molar-refractivity contribution in [2.75, 3.05) is 33.2 Å². The molecule has 1 fully saturated rings. The third-order valence-corrected chi connectivity index (χ3v) is 7.07. The minimum Gasteiger partial charge on any atom is -0.507 e. The molecule has 0 unspecified atom stereocenters. The van der Waals surface area contributed by atoms with Gasteiger partial charge in [-0.15, -0.1) is 11.3 Å². The molecule has 3 heterocycles. The fourth-order valence-corrected chi connectivity index (χ4v) is 5.20. The average molecular weight is 436 g/mol. The Labute approximate surface area is 184 Å². The summed E-state index contributed by atoms with van der Waals surface area (Å²) in [6.45, 7) is 6.34. The topological polar surface area (TPSA) is 69.8 Å². The number of likely N-dealkylation sites (N-methyl/N-ethyl adjacent to an activating group) is 1. The lowest BCUT2D eigenvalue weighted by molar-refractivity contribution is 0.147. The van der Waals surface area contributed by atoms with Crippen molar-refractivity contribution in [3.05, 3.63) is 57.9 Å². The van der Waals surface area contributed by atoms with Crippen molar-refractivity contribution in [2.45, 2.75) is 19.9 Å². The molecule has 0 bridgehead atoms. The molecule has 0 atom stereocenters. The van der Waals surface area contributed by atoms with Gasteiger partial charge in [-0.25, -0.2) is 4.98 Å². The average Bonchev–Trinajstić information content (AvgIpc) is 3.20. The van der Waals surface area contributed by atoms with E-state index in [1.165, 1.54) is 11.3 Å². The van der Waals surface area contributed by atoms with Gasteiger partial charge in [-0.1, -0.05) is 19.1 Å². The molecule has 1 saturated heterocycles. The van der Waals surface area contributed by atoms with Crippen LogP contribution in [-0.4, -0.2) is 53.1 Å². The fraction of sp³-hybridized carbons (Fsp3) is 0.333. The molecule has 4 aromatic rings. The van der Waals surface area contributed by atoms with Crippen LogP contribution in [0.15, 0.2) is 45.6 Å². The number of aromatic hydroxyl groups is 1. The lowest BCUT2D eigenvalue weighted by atomic mass is 10.0. The number of rotatable bonds is 4. The van der Waals surface area contributed by atoms with Crippen LogP contribution in [0.4, 0.5) is 0 Å². The van der Waals surface area contributed by atoms with Crippen LogP contribution in [0.25, 0.3) is 31.8 Å². The summed E-state index contributed by atoms with van der Waals surface area (Å²) < 4.78 is 7.36. The molecule has 2 aromatic heterocycles. The van der Waals surface area contributed by atoms with Crippen molar-refractivity contribution in [3.8, 4) is 16.3 Å². The van der Waals surface area contributed by atoms with Gasteiger partial charge in [0.1, 0.15) is 22.1 Å². The molecule has 0 amide bonds. The Hall–Kier alpha value is -2.74. The Kier molecular flexibility index (Phi) is 5.25. The Morgan fingerprint density at radius 2 is 1.90 bits per heavy atom. The SMILES string of the molecule is CCc1oc2c(CN3CCN(C)CC3)c(O)ccc2c(=O)c1-c1nc2ccccc2s1. The van der Waals surface area contributed by atoms with Crippen molar-refractivity contribution in [3.63, 3.8) is 0 Å². The van der Waals surface area contributed by atoms with Crippen LogP contribution in [0.2, 0.25) is 0 Å². The maximum absolute atomic E-state index is 13.6. The first-order valence-corrected chi connectivity index (χ1v) is 11.4. The molecular weight excluding hydrogens is 410 g/mol. The second-order valence-corrected chi connectivity index (χ2v) is 9.12. The second kappa shape index (κ2) is 8.07. The van der Waals surface area contributed by atoms with Gasteiger partial charge in [-0.3, -0.25) is 9.69 Å². The van der Waals surface area contributed by atoms with Gasteiger partial charge in [0.25, 0.3) is 0 Å². The summed E-state index contributed by atoms with van der Waals surface area (Å²) in [5.74, 6) is 0.783. The summed E-state index contributed by atoms with van der Waals surface area (Å²) >= 11 is 1.51. The van der Waals surface area contributed by atoms with E-state index in [1.54, 1.807) is 12.1 Å². The minimum absolute atomic E-state index is 0.0863. The molecular formula is C24H25N3O3S. The van der Waals surface area contributed by atoms with E-state index in [4.69, 9.17) is 9.40 Å². The summed E-state index contributed by atoms with van der Waals surface area (Å²) in [5.41, 5.74) is 2.50. The lowest BCUT2D eigenvalue weighted by Crippen LogP contribution is -2.43. The molecule has 7 heteroatoms. The highest BCUT2D eigenvalue weighted by Gasteiger charge is 2.23. The van der Waals surface area contributed by atoms with Crippen LogP contribution < -0.4 is 5.43 Å². The maximum atomic E-state index is 13.6. The molecule has 31 heavy (non-hydrogen) atoms. The number of fused-ring (bicyclic) bond motifs is 2. The van der Waals surface area contributed by atoms with E-state index in [9.17, 15) is 9.90 Å². The normalized spacial score (nSPS) is 15.8. The number of phenols is 1. The first kappa shape index (κ1) is 20.2. The lowest BCUT2D eigenvalue weighted by Gasteiger charge is -2.32. The van der Waals surface area contributed by atoms with Crippen LogP contribution in [0.5, 0.6) is 5.75 Å². The van der Waals surface area contributed by atoms with Crippen LogP contribution in [0.3, 0.4) is 0 Å². The maximum Gasteiger partial charge on any atom is 0.203 e. The van der Waals surface area contributed by atoms with Crippen molar-refractivity contribution < 1.29 is 9.52 Å². The van der Waals surface area contributed by atoms with Gasteiger partial charge in [0.05, 0.1) is 26.7 Å². The van der Waals surface area contributed by atoms with Gasteiger partial charge in [-0.2, -0.15) is 0 Å². The Morgan fingerprint density at radius 3 is 2.65 bits per heavy atom. The molecule has 1 N–H and O–H groups in total. The van der Waals surface area contributed by atoms with Gasteiger partial charge in [0, 0.05) is 39.1 Å². The number of thiazole rings is 1. The number of nitrogens with zero attached hydrogens (tertiary/aromatic N) is 3. The van der Waals surface area contributed by atoms with E-state index in [-0.39, 0.29) is 11.2 Å². The highest BCUT2D eigenvalue weighted by Crippen LogP contribution is 2.34. The number of para-hydroxylation sites is 1. The second-order valence-electron chi connectivity index (χ2n) is 8.09. The number of phenolic OH excluding ortho intramolecular Hbond substituents is 1. The summed E-state index contributed by atoms with van der Waals surface area (Å²) in [6.07, 6.45) is 0.569. The number of aromatic nitrogens is 1. The Bertz CT molecular complexity index is 1290. The zero-order valence-electron chi connectivity index (χ0n) is 17.7. The number of benzene rings is 2. The first-order valence-electron chi connectivity index (χ1n) is 10.6. The molecule has 160 valence electrons. The molecule has 1 aliphatic rings. The smallest absolute Gasteiger partial charge is 0.203 e. The monoisotopic (exact) mass is 435 g/mol. The summed E-state index contributed by atoms with van der Waals surface area (Å²) in [6, 6.07) is 11.2. The third kappa shape index (κ3) is 3.63. The minimum atomic E-state index is -0.0863. The van der Waals surface area contributed by atoms with E-state index in [2.05, 4.69) is 16.8 Å². The summed E-state index contributed by atoms with van der Waals surface area (Å²) in [4.78, 5) is 22.9.